The van der Waals surface area contributed by atoms with Crippen LogP contribution in [0.2, 0.25) is 5.02 Å². The Labute approximate surface area is 109 Å². The van der Waals surface area contributed by atoms with Gasteiger partial charge in [0.15, 0.2) is 0 Å². The van der Waals surface area contributed by atoms with E-state index in [4.69, 9.17) is 11.6 Å². The van der Waals surface area contributed by atoms with Gasteiger partial charge in [-0.3, -0.25) is 9.88 Å². The van der Waals surface area contributed by atoms with Gasteiger partial charge < -0.3 is 0 Å². The van der Waals surface area contributed by atoms with Crippen LogP contribution in [-0.4, -0.2) is 23.0 Å². The molecule has 1 aliphatic rings. The summed E-state index contributed by atoms with van der Waals surface area (Å²) in [4.78, 5) is 6.81. The van der Waals surface area contributed by atoms with Crippen molar-refractivity contribution < 1.29 is 0 Å². The molecular formula is C14H21ClN2. The Hall–Kier alpha value is -0.600. The number of hydrogen-bond acceptors (Lipinski definition) is 2. The van der Waals surface area contributed by atoms with E-state index >= 15 is 0 Å². The molecule has 2 nitrogen and oxygen atoms in total. The molecule has 1 saturated carbocycles. The van der Waals surface area contributed by atoms with Crippen molar-refractivity contribution in [2.45, 2.75) is 45.2 Å². The van der Waals surface area contributed by atoms with Crippen molar-refractivity contribution in [3.63, 3.8) is 0 Å². The van der Waals surface area contributed by atoms with E-state index in [2.05, 4.69) is 23.9 Å². The second-order valence-electron chi connectivity index (χ2n) is 5.21. The van der Waals surface area contributed by atoms with Crippen molar-refractivity contribution in [2.75, 3.05) is 7.05 Å². The molecule has 2 unspecified atom stereocenters. The monoisotopic (exact) mass is 252 g/mol. The van der Waals surface area contributed by atoms with Crippen LogP contribution in [0.15, 0.2) is 18.3 Å². The van der Waals surface area contributed by atoms with E-state index < -0.39 is 0 Å². The number of nitrogens with zero attached hydrogens (tertiary/aromatic N) is 2. The van der Waals surface area contributed by atoms with Gasteiger partial charge in [0.2, 0.25) is 0 Å². The zero-order valence-corrected chi connectivity index (χ0v) is 11.5. The first-order valence-corrected chi connectivity index (χ1v) is 6.85. The van der Waals surface area contributed by atoms with Crippen LogP contribution in [0.1, 0.15) is 38.3 Å². The highest BCUT2D eigenvalue weighted by Crippen LogP contribution is 2.28. The summed E-state index contributed by atoms with van der Waals surface area (Å²) in [5.41, 5.74) is 1.07. The molecule has 2 atom stereocenters. The molecule has 1 heterocycles. The van der Waals surface area contributed by atoms with Crippen LogP contribution in [0.5, 0.6) is 0 Å². The zero-order valence-electron chi connectivity index (χ0n) is 10.7. The van der Waals surface area contributed by atoms with Crippen LogP contribution in [0.3, 0.4) is 0 Å². The van der Waals surface area contributed by atoms with Gasteiger partial charge in [0, 0.05) is 23.8 Å². The molecular weight excluding hydrogens is 232 g/mol. The molecule has 2 rings (SSSR count). The number of halogens is 1. The molecule has 0 N–H and O–H groups in total. The Morgan fingerprint density at radius 1 is 1.41 bits per heavy atom. The highest BCUT2D eigenvalue weighted by Gasteiger charge is 2.24. The summed E-state index contributed by atoms with van der Waals surface area (Å²) in [5.74, 6) is 0.799. The zero-order chi connectivity index (χ0) is 12.3. The fraction of sp³-hybridized carbons (Fsp3) is 0.643. The van der Waals surface area contributed by atoms with E-state index in [1.807, 2.05) is 12.1 Å². The van der Waals surface area contributed by atoms with Crippen LogP contribution in [0.4, 0.5) is 0 Å². The van der Waals surface area contributed by atoms with Gasteiger partial charge in [-0.25, -0.2) is 0 Å². The highest BCUT2D eigenvalue weighted by molar-refractivity contribution is 6.30. The Kier molecular flexibility index (Phi) is 4.41. The largest absolute Gasteiger partial charge is 0.297 e. The van der Waals surface area contributed by atoms with Crippen molar-refractivity contribution >= 4 is 11.6 Å². The normalized spacial score (nSPS) is 25.2. The number of hydrogen-bond donors (Lipinski definition) is 0. The molecule has 0 amide bonds. The lowest BCUT2D eigenvalue weighted by Gasteiger charge is -2.36. The molecule has 0 spiro atoms. The third-order valence-corrected chi connectivity index (χ3v) is 4.06. The summed E-state index contributed by atoms with van der Waals surface area (Å²) in [5, 5.41) is 0.778. The average Bonchev–Trinajstić information content (AvgIpc) is 2.29. The molecule has 1 aliphatic carbocycles. The van der Waals surface area contributed by atoms with Crippen molar-refractivity contribution in [1.29, 1.82) is 0 Å². The SMILES string of the molecule is CC1CCCCC1N(C)Cc1cc(Cl)ccn1. The Morgan fingerprint density at radius 2 is 2.18 bits per heavy atom. The molecule has 3 heteroatoms. The summed E-state index contributed by atoms with van der Waals surface area (Å²) in [7, 11) is 2.20. The van der Waals surface area contributed by atoms with E-state index in [1.165, 1.54) is 25.7 Å². The van der Waals surface area contributed by atoms with E-state index in [1.54, 1.807) is 6.20 Å². The molecule has 0 radical (unpaired) electrons. The van der Waals surface area contributed by atoms with Crippen molar-refractivity contribution in [3.05, 3.63) is 29.0 Å². The molecule has 1 aromatic heterocycles. The maximum Gasteiger partial charge on any atom is 0.0558 e. The van der Waals surface area contributed by atoms with Crippen LogP contribution in [0.25, 0.3) is 0 Å². The first-order chi connectivity index (χ1) is 8.16. The van der Waals surface area contributed by atoms with Crippen LogP contribution in [0, 0.1) is 5.92 Å². The minimum Gasteiger partial charge on any atom is -0.297 e. The lowest BCUT2D eigenvalue weighted by molar-refractivity contribution is 0.132. The lowest BCUT2D eigenvalue weighted by Crippen LogP contribution is -2.38. The highest BCUT2D eigenvalue weighted by atomic mass is 35.5. The summed E-state index contributed by atoms with van der Waals surface area (Å²) in [6.45, 7) is 3.27. The Bertz CT molecular complexity index is 367. The maximum absolute atomic E-state index is 5.98. The van der Waals surface area contributed by atoms with Crippen molar-refractivity contribution in [1.82, 2.24) is 9.88 Å². The molecule has 1 aromatic rings. The van der Waals surface area contributed by atoms with Crippen LogP contribution in [-0.2, 0) is 6.54 Å². The van der Waals surface area contributed by atoms with Crippen LogP contribution < -0.4 is 0 Å². The summed E-state index contributed by atoms with van der Waals surface area (Å²) in [6, 6.07) is 4.49. The first kappa shape index (κ1) is 12.8. The molecule has 0 aliphatic heterocycles. The predicted molar refractivity (Wildman–Crippen MR) is 72.1 cm³/mol. The fourth-order valence-corrected chi connectivity index (χ4v) is 3.04. The van der Waals surface area contributed by atoms with Gasteiger partial charge in [0.05, 0.1) is 5.69 Å². The number of pyridine rings is 1. The fourth-order valence-electron chi connectivity index (χ4n) is 2.86. The van der Waals surface area contributed by atoms with E-state index in [-0.39, 0.29) is 0 Å². The van der Waals surface area contributed by atoms with Gasteiger partial charge in [0.1, 0.15) is 0 Å². The standard InChI is InChI=1S/C14H21ClN2/c1-11-5-3-4-6-14(11)17(2)10-13-9-12(15)7-8-16-13/h7-9,11,14H,3-6,10H2,1-2H3. The van der Waals surface area contributed by atoms with Crippen molar-refractivity contribution in [2.24, 2.45) is 5.92 Å². The van der Waals surface area contributed by atoms with Crippen LogP contribution >= 0.6 is 11.6 Å². The number of aromatic nitrogens is 1. The van der Waals surface area contributed by atoms with Gasteiger partial charge in [-0.1, -0.05) is 31.4 Å². The van der Waals surface area contributed by atoms with E-state index in [0.717, 1.165) is 23.2 Å². The van der Waals surface area contributed by atoms with Crippen molar-refractivity contribution in [3.8, 4) is 0 Å². The minimum absolute atomic E-state index is 0.699. The average molecular weight is 253 g/mol. The Balaban J connectivity index is 1.98. The van der Waals surface area contributed by atoms with Gasteiger partial charge >= 0.3 is 0 Å². The predicted octanol–water partition coefficient (Wildman–Crippen LogP) is 3.75. The van der Waals surface area contributed by atoms with E-state index in [9.17, 15) is 0 Å². The molecule has 0 saturated heterocycles. The quantitative estimate of drug-likeness (QED) is 0.815. The summed E-state index contributed by atoms with van der Waals surface area (Å²) < 4.78 is 0. The lowest BCUT2D eigenvalue weighted by atomic mass is 9.85. The minimum atomic E-state index is 0.699. The topological polar surface area (TPSA) is 16.1 Å². The summed E-state index contributed by atoms with van der Waals surface area (Å²) >= 11 is 5.98. The van der Waals surface area contributed by atoms with Gasteiger partial charge in [-0.15, -0.1) is 0 Å². The third kappa shape index (κ3) is 3.43. The Morgan fingerprint density at radius 3 is 2.88 bits per heavy atom. The number of rotatable bonds is 3. The van der Waals surface area contributed by atoms with Gasteiger partial charge in [-0.2, -0.15) is 0 Å². The van der Waals surface area contributed by atoms with Gasteiger partial charge in [-0.05, 0) is 37.9 Å². The molecule has 1 fully saturated rings. The molecule has 0 aromatic carbocycles. The third-order valence-electron chi connectivity index (χ3n) is 3.82. The molecule has 0 bridgehead atoms. The second-order valence-corrected chi connectivity index (χ2v) is 5.65. The van der Waals surface area contributed by atoms with Gasteiger partial charge in [0.25, 0.3) is 0 Å². The van der Waals surface area contributed by atoms with E-state index in [0.29, 0.717) is 6.04 Å². The molecule has 17 heavy (non-hydrogen) atoms. The maximum atomic E-state index is 5.98. The molecule has 94 valence electrons. The smallest absolute Gasteiger partial charge is 0.0558 e. The first-order valence-electron chi connectivity index (χ1n) is 6.47. The summed E-state index contributed by atoms with van der Waals surface area (Å²) in [6.07, 6.45) is 7.22. The second kappa shape index (κ2) is 5.83.